The van der Waals surface area contributed by atoms with E-state index < -0.39 is 0 Å². The second-order valence-electron chi connectivity index (χ2n) is 2.27. The molecule has 10 heavy (non-hydrogen) atoms. The highest BCUT2D eigenvalue weighted by molar-refractivity contribution is 5.69. The van der Waals surface area contributed by atoms with Gasteiger partial charge in [0.2, 0.25) is 0 Å². The average molecular weight is 145 g/mol. The zero-order chi connectivity index (χ0) is 7.56. The molecule has 1 amide bonds. The molecule has 0 saturated carbocycles. The Balaban J connectivity index is 2.36. The van der Waals surface area contributed by atoms with Gasteiger partial charge in [0, 0.05) is 7.11 Å². The number of nitrogens with one attached hydrogen (secondary N) is 1. The predicted molar refractivity (Wildman–Crippen MR) is 34.7 cm³/mol. The molecular weight excluding hydrogens is 134 g/mol. The van der Waals surface area contributed by atoms with E-state index in [4.69, 9.17) is 9.47 Å². The molecule has 2 atom stereocenters. The van der Waals surface area contributed by atoms with Gasteiger partial charge < -0.3 is 14.8 Å². The molecule has 0 aliphatic carbocycles. The monoisotopic (exact) mass is 145 g/mol. The first kappa shape index (κ1) is 7.34. The highest BCUT2D eigenvalue weighted by Crippen LogP contribution is 2.06. The van der Waals surface area contributed by atoms with Crippen molar-refractivity contribution >= 4 is 6.09 Å². The summed E-state index contributed by atoms with van der Waals surface area (Å²) in [5, 5.41) is 2.54. The van der Waals surface area contributed by atoms with E-state index in [1.807, 2.05) is 6.92 Å². The molecule has 58 valence electrons. The number of carbonyl (C=O) groups excluding carboxylic acids is 1. The van der Waals surface area contributed by atoms with Crippen LogP contribution in [-0.4, -0.2) is 32.0 Å². The van der Waals surface area contributed by atoms with E-state index in [0.29, 0.717) is 6.54 Å². The molecule has 0 radical (unpaired) electrons. The van der Waals surface area contributed by atoms with Gasteiger partial charge in [-0.2, -0.15) is 0 Å². The van der Waals surface area contributed by atoms with Gasteiger partial charge in [-0.3, -0.25) is 0 Å². The van der Waals surface area contributed by atoms with Crippen molar-refractivity contribution in [1.82, 2.24) is 5.32 Å². The average Bonchev–Trinajstić information content (AvgIpc) is 2.34. The fourth-order valence-electron chi connectivity index (χ4n) is 0.818. The molecule has 1 heterocycles. The number of hydrogen-bond donors (Lipinski definition) is 1. The van der Waals surface area contributed by atoms with Gasteiger partial charge in [-0.05, 0) is 6.92 Å². The predicted octanol–water partition coefficient (Wildman–Crippen LogP) is 0.130. The summed E-state index contributed by atoms with van der Waals surface area (Å²) in [4.78, 5) is 10.5. The van der Waals surface area contributed by atoms with Crippen molar-refractivity contribution in [1.29, 1.82) is 0 Å². The minimum atomic E-state index is -0.353. The first-order valence-corrected chi connectivity index (χ1v) is 3.21. The Labute approximate surface area is 59.5 Å². The number of ether oxygens (including phenoxy) is 2. The maximum Gasteiger partial charge on any atom is 0.407 e. The summed E-state index contributed by atoms with van der Waals surface area (Å²) in [6, 6.07) is 0. The van der Waals surface area contributed by atoms with Crippen LogP contribution in [0.2, 0.25) is 0 Å². The van der Waals surface area contributed by atoms with E-state index in [1.54, 1.807) is 7.11 Å². The maximum absolute atomic E-state index is 10.5. The number of rotatable bonds is 2. The summed E-state index contributed by atoms with van der Waals surface area (Å²) in [6.07, 6.45) is -0.509. The second-order valence-corrected chi connectivity index (χ2v) is 2.27. The Kier molecular flexibility index (Phi) is 2.11. The summed E-state index contributed by atoms with van der Waals surface area (Å²) in [5.41, 5.74) is 0. The zero-order valence-electron chi connectivity index (χ0n) is 6.09. The number of alkyl carbamates (subject to hydrolysis) is 1. The van der Waals surface area contributed by atoms with Gasteiger partial charge in [0.1, 0.15) is 6.10 Å². The Hall–Kier alpha value is -0.770. The van der Waals surface area contributed by atoms with Crippen LogP contribution < -0.4 is 5.32 Å². The molecule has 2 unspecified atom stereocenters. The lowest BCUT2D eigenvalue weighted by molar-refractivity contribution is 0.0128. The molecule has 4 nitrogen and oxygen atoms in total. The van der Waals surface area contributed by atoms with Crippen molar-refractivity contribution in [2.24, 2.45) is 0 Å². The fourth-order valence-corrected chi connectivity index (χ4v) is 0.818. The van der Waals surface area contributed by atoms with Gasteiger partial charge in [-0.25, -0.2) is 4.79 Å². The summed E-state index contributed by atoms with van der Waals surface area (Å²) < 4.78 is 9.80. The van der Waals surface area contributed by atoms with Crippen LogP contribution in [0.15, 0.2) is 0 Å². The van der Waals surface area contributed by atoms with Crippen molar-refractivity contribution in [2.45, 2.75) is 19.1 Å². The third-order valence-electron chi connectivity index (χ3n) is 1.60. The van der Waals surface area contributed by atoms with Gasteiger partial charge in [0.25, 0.3) is 0 Å². The van der Waals surface area contributed by atoms with Gasteiger partial charge in [0.05, 0.1) is 12.6 Å². The number of methoxy groups -OCH3 is 1. The van der Waals surface area contributed by atoms with E-state index in [9.17, 15) is 4.79 Å². The maximum atomic E-state index is 10.5. The van der Waals surface area contributed by atoms with Crippen molar-refractivity contribution in [3.63, 3.8) is 0 Å². The van der Waals surface area contributed by atoms with Crippen LogP contribution in [0.4, 0.5) is 4.79 Å². The van der Waals surface area contributed by atoms with Crippen LogP contribution in [0.3, 0.4) is 0 Å². The van der Waals surface area contributed by atoms with Crippen LogP contribution in [0.1, 0.15) is 6.92 Å². The first-order valence-electron chi connectivity index (χ1n) is 3.21. The van der Waals surface area contributed by atoms with Gasteiger partial charge >= 0.3 is 6.09 Å². The molecule has 0 aromatic heterocycles. The fraction of sp³-hybridized carbons (Fsp3) is 0.833. The molecule has 0 bridgehead atoms. The number of carbonyl (C=O) groups is 1. The Bertz CT molecular complexity index is 137. The lowest BCUT2D eigenvalue weighted by atomic mass is 10.2. The smallest absolute Gasteiger partial charge is 0.407 e. The SMILES string of the molecule is COC(C)C1CNC(=O)O1. The third kappa shape index (κ3) is 1.39. The van der Waals surface area contributed by atoms with Gasteiger partial charge in [-0.1, -0.05) is 0 Å². The summed E-state index contributed by atoms with van der Waals surface area (Å²) in [7, 11) is 1.59. The molecule has 0 aromatic carbocycles. The van der Waals surface area contributed by atoms with E-state index in [-0.39, 0.29) is 18.3 Å². The van der Waals surface area contributed by atoms with E-state index >= 15 is 0 Å². The molecular formula is C6H11NO3. The topological polar surface area (TPSA) is 47.6 Å². The van der Waals surface area contributed by atoms with Crippen LogP contribution in [0.5, 0.6) is 0 Å². The number of hydrogen-bond acceptors (Lipinski definition) is 3. The Morgan fingerprint density at radius 1 is 1.90 bits per heavy atom. The molecule has 1 saturated heterocycles. The molecule has 1 rings (SSSR count). The van der Waals surface area contributed by atoms with E-state index in [2.05, 4.69) is 5.32 Å². The zero-order valence-corrected chi connectivity index (χ0v) is 6.09. The summed E-state index contributed by atoms with van der Waals surface area (Å²) in [6.45, 7) is 2.42. The highest BCUT2D eigenvalue weighted by atomic mass is 16.6. The molecule has 1 fully saturated rings. The second kappa shape index (κ2) is 2.88. The number of amides is 1. The van der Waals surface area contributed by atoms with E-state index in [1.165, 1.54) is 0 Å². The molecule has 0 aromatic rings. The number of cyclic esters (lactones) is 1. The molecule has 1 N–H and O–H groups in total. The molecule has 4 heteroatoms. The van der Waals surface area contributed by atoms with Crippen LogP contribution in [-0.2, 0) is 9.47 Å². The lowest BCUT2D eigenvalue weighted by Gasteiger charge is -2.14. The van der Waals surface area contributed by atoms with Gasteiger partial charge in [0.15, 0.2) is 0 Å². The van der Waals surface area contributed by atoms with Crippen LogP contribution >= 0.6 is 0 Å². The molecule has 1 aliphatic heterocycles. The largest absolute Gasteiger partial charge is 0.442 e. The van der Waals surface area contributed by atoms with E-state index in [0.717, 1.165) is 0 Å². The minimum absolute atomic E-state index is 0.0288. The quantitative estimate of drug-likeness (QED) is 0.600. The highest BCUT2D eigenvalue weighted by Gasteiger charge is 2.27. The van der Waals surface area contributed by atoms with Crippen LogP contribution in [0.25, 0.3) is 0 Å². The Morgan fingerprint density at radius 2 is 2.60 bits per heavy atom. The Morgan fingerprint density at radius 3 is 3.00 bits per heavy atom. The first-order chi connectivity index (χ1) is 4.74. The normalized spacial score (nSPS) is 27.4. The standard InChI is InChI=1S/C6H11NO3/c1-4(9-2)5-3-7-6(8)10-5/h4-5H,3H2,1-2H3,(H,7,8). The minimum Gasteiger partial charge on any atom is -0.442 e. The summed E-state index contributed by atoms with van der Waals surface area (Å²) in [5.74, 6) is 0. The van der Waals surface area contributed by atoms with Crippen molar-refractivity contribution in [3.8, 4) is 0 Å². The van der Waals surface area contributed by atoms with Crippen molar-refractivity contribution in [3.05, 3.63) is 0 Å². The third-order valence-corrected chi connectivity index (χ3v) is 1.60. The molecule has 0 spiro atoms. The summed E-state index contributed by atoms with van der Waals surface area (Å²) >= 11 is 0. The molecule has 1 aliphatic rings. The van der Waals surface area contributed by atoms with Crippen molar-refractivity contribution < 1.29 is 14.3 Å². The lowest BCUT2D eigenvalue weighted by Crippen LogP contribution is -2.28. The van der Waals surface area contributed by atoms with Crippen LogP contribution in [0, 0.1) is 0 Å². The van der Waals surface area contributed by atoms with Gasteiger partial charge in [-0.15, -0.1) is 0 Å². The van der Waals surface area contributed by atoms with Crippen molar-refractivity contribution in [2.75, 3.05) is 13.7 Å².